The van der Waals surface area contributed by atoms with Crippen molar-refractivity contribution in [1.82, 2.24) is 9.88 Å². The Kier molecular flexibility index (Phi) is 5.35. The molecule has 0 saturated heterocycles. The molecule has 3 heterocycles. The summed E-state index contributed by atoms with van der Waals surface area (Å²) in [5, 5.41) is 12.8. The third kappa shape index (κ3) is 3.52. The molecule has 11 heteroatoms. The predicted molar refractivity (Wildman–Crippen MR) is 118 cm³/mol. The van der Waals surface area contributed by atoms with Gasteiger partial charge >= 0.3 is 0 Å². The first-order valence-corrected chi connectivity index (χ1v) is 11.2. The zero-order valence-electron chi connectivity index (χ0n) is 17.3. The maximum absolute atomic E-state index is 13.9. The number of aromatic nitrogens is 1. The number of rotatable bonds is 3. The zero-order valence-corrected chi connectivity index (χ0v) is 18.2. The van der Waals surface area contributed by atoms with Crippen molar-refractivity contribution in [3.63, 3.8) is 0 Å². The molecule has 2 N–H and O–H groups in total. The number of fused-ring (bicyclic) bond motifs is 6. The van der Waals surface area contributed by atoms with Crippen LogP contribution >= 0.6 is 11.8 Å². The molecule has 0 radical (unpaired) electrons. The van der Waals surface area contributed by atoms with Crippen molar-refractivity contribution < 1.29 is 27.9 Å². The average molecular weight is 487 g/mol. The molecule has 0 fully saturated rings. The fraction of sp³-hybridized carbons (Fsp3) is 0.174. The van der Waals surface area contributed by atoms with Gasteiger partial charge in [-0.25, -0.2) is 13.2 Å². The van der Waals surface area contributed by atoms with Crippen molar-refractivity contribution in [3.05, 3.63) is 87.1 Å². The van der Waals surface area contributed by atoms with Gasteiger partial charge in [0.15, 0.2) is 11.4 Å². The third-order valence-electron chi connectivity index (χ3n) is 5.81. The fourth-order valence-electron chi connectivity index (χ4n) is 4.12. The number of benzene rings is 2. The number of nitrogens with one attached hydrogen (secondary N) is 1. The second-order valence-electron chi connectivity index (χ2n) is 7.86. The minimum atomic E-state index is -1.19. The highest BCUT2D eigenvalue weighted by atomic mass is 32.2. The number of para-hydroxylation sites is 1. The molecule has 1 aromatic heterocycles. The molecule has 2 aliphatic heterocycles. The van der Waals surface area contributed by atoms with E-state index in [0.717, 1.165) is 4.90 Å². The van der Waals surface area contributed by atoms with E-state index in [9.17, 15) is 32.7 Å². The Morgan fingerprint density at radius 3 is 2.59 bits per heavy atom. The molecule has 7 nitrogen and oxygen atoms in total. The van der Waals surface area contributed by atoms with E-state index >= 15 is 0 Å². The second kappa shape index (κ2) is 8.24. The van der Waals surface area contributed by atoms with Crippen LogP contribution in [0.2, 0.25) is 0 Å². The summed E-state index contributed by atoms with van der Waals surface area (Å²) in [7, 11) is 0. The van der Waals surface area contributed by atoms with E-state index in [-0.39, 0.29) is 18.3 Å². The SMILES string of the molecule is O=C(NCc1c(F)cc(F)cc1F)c1cn2c(c(O)c1=O)C(=O)N1C[C@@H]2CSc2ccccc21. The summed E-state index contributed by atoms with van der Waals surface area (Å²) < 4.78 is 42.3. The van der Waals surface area contributed by atoms with Gasteiger partial charge in [0.25, 0.3) is 11.8 Å². The summed E-state index contributed by atoms with van der Waals surface area (Å²) in [6, 6.07) is 7.88. The molecule has 0 aliphatic carbocycles. The minimum Gasteiger partial charge on any atom is -0.503 e. The summed E-state index contributed by atoms with van der Waals surface area (Å²) >= 11 is 1.50. The number of anilines is 1. The van der Waals surface area contributed by atoms with Gasteiger partial charge in [0.05, 0.1) is 11.7 Å². The Bertz CT molecular complexity index is 1400. The lowest BCUT2D eigenvalue weighted by Gasteiger charge is -2.34. The van der Waals surface area contributed by atoms with Crippen molar-refractivity contribution >= 4 is 29.3 Å². The fourth-order valence-corrected chi connectivity index (χ4v) is 5.26. The van der Waals surface area contributed by atoms with E-state index < -0.39 is 58.1 Å². The topological polar surface area (TPSA) is 91.6 Å². The van der Waals surface area contributed by atoms with Crippen LogP contribution in [0, 0.1) is 17.5 Å². The van der Waals surface area contributed by atoms with Crippen LogP contribution in [0.4, 0.5) is 18.9 Å². The molecular formula is C23H16F3N3O4S. The summed E-state index contributed by atoms with van der Waals surface area (Å²) in [6.45, 7) is -0.384. The van der Waals surface area contributed by atoms with Crippen LogP contribution < -0.4 is 15.6 Å². The molecule has 2 aromatic carbocycles. The van der Waals surface area contributed by atoms with Crippen LogP contribution in [0.15, 0.2) is 52.3 Å². The van der Waals surface area contributed by atoms with Gasteiger partial charge in [-0.2, -0.15) is 0 Å². The van der Waals surface area contributed by atoms with Crippen LogP contribution in [-0.2, 0) is 6.54 Å². The normalized spacial score (nSPS) is 16.5. The molecule has 0 saturated carbocycles. The summed E-state index contributed by atoms with van der Waals surface area (Å²) in [4.78, 5) is 41.0. The smallest absolute Gasteiger partial charge is 0.279 e. The lowest BCUT2D eigenvalue weighted by Crippen LogP contribution is -2.45. The maximum atomic E-state index is 13.9. The number of nitrogens with zero attached hydrogens (tertiary/aromatic N) is 2. The lowest BCUT2D eigenvalue weighted by atomic mass is 10.1. The molecule has 2 bridgehead atoms. The Morgan fingerprint density at radius 2 is 1.85 bits per heavy atom. The molecule has 2 amide bonds. The monoisotopic (exact) mass is 487 g/mol. The van der Waals surface area contributed by atoms with Crippen LogP contribution in [-0.4, -0.2) is 33.8 Å². The van der Waals surface area contributed by atoms with Crippen molar-refractivity contribution in [2.24, 2.45) is 0 Å². The molecule has 3 aromatic rings. The Labute approximate surface area is 194 Å². The number of aromatic hydroxyl groups is 1. The lowest BCUT2D eigenvalue weighted by molar-refractivity contribution is 0.0930. The van der Waals surface area contributed by atoms with Gasteiger partial charge < -0.3 is 19.9 Å². The highest BCUT2D eigenvalue weighted by Crippen LogP contribution is 2.41. The summed E-state index contributed by atoms with van der Waals surface area (Å²) in [5.74, 6) is -5.45. The number of hydrogen-bond acceptors (Lipinski definition) is 5. The number of carbonyl (C=O) groups is 2. The highest BCUT2D eigenvalue weighted by molar-refractivity contribution is 7.99. The Balaban J connectivity index is 1.50. The van der Waals surface area contributed by atoms with Crippen LogP contribution in [0.5, 0.6) is 5.75 Å². The number of hydrogen-bond donors (Lipinski definition) is 2. The molecular weight excluding hydrogens is 471 g/mol. The standard InChI is InChI=1S/C23H16F3N3O4S/c24-11-5-15(25)13(16(26)6-11)7-27-22(32)14-9-28-12-8-29(23(33)19(28)21(31)20(14)30)17-3-1-2-4-18(17)34-10-12/h1-6,9,12,31H,7-8,10H2,(H,27,32)/t12-/m1/s1. The van der Waals surface area contributed by atoms with Gasteiger partial charge in [-0.1, -0.05) is 12.1 Å². The number of thioether (sulfide) groups is 1. The average Bonchev–Trinajstić information content (AvgIpc) is 2.97. The van der Waals surface area contributed by atoms with E-state index in [2.05, 4.69) is 5.32 Å². The Hall–Kier alpha value is -3.73. The minimum absolute atomic E-state index is 0.231. The molecule has 0 unspecified atom stereocenters. The number of carbonyl (C=O) groups excluding carboxylic acids is 2. The van der Waals surface area contributed by atoms with E-state index in [4.69, 9.17) is 0 Å². The van der Waals surface area contributed by atoms with Crippen molar-refractivity contribution in [2.45, 2.75) is 17.5 Å². The molecule has 5 rings (SSSR count). The van der Waals surface area contributed by atoms with E-state index in [1.54, 1.807) is 12.1 Å². The number of pyridine rings is 1. The second-order valence-corrected chi connectivity index (χ2v) is 8.92. The van der Waals surface area contributed by atoms with E-state index in [1.165, 1.54) is 27.4 Å². The third-order valence-corrected chi connectivity index (χ3v) is 7.02. The molecule has 1 atom stereocenters. The largest absolute Gasteiger partial charge is 0.503 e. The first-order valence-electron chi connectivity index (χ1n) is 10.2. The van der Waals surface area contributed by atoms with E-state index in [1.807, 2.05) is 12.1 Å². The van der Waals surface area contributed by atoms with Gasteiger partial charge in [-0.3, -0.25) is 14.4 Å². The van der Waals surface area contributed by atoms with Gasteiger partial charge in [0.1, 0.15) is 23.0 Å². The first-order chi connectivity index (χ1) is 16.3. The number of amides is 2. The summed E-state index contributed by atoms with van der Waals surface area (Å²) in [6.07, 6.45) is 1.18. The van der Waals surface area contributed by atoms with Gasteiger partial charge in [0, 0.05) is 47.6 Å². The quantitative estimate of drug-likeness (QED) is 0.592. The van der Waals surface area contributed by atoms with Gasteiger partial charge in [-0.05, 0) is 12.1 Å². The van der Waals surface area contributed by atoms with Crippen molar-refractivity contribution in [1.29, 1.82) is 0 Å². The number of halogens is 3. The van der Waals surface area contributed by atoms with Crippen molar-refractivity contribution in [3.8, 4) is 5.75 Å². The van der Waals surface area contributed by atoms with Crippen molar-refractivity contribution in [2.75, 3.05) is 17.2 Å². The molecule has 0 spiro atoms. The predicted octanol–water partition coefficient (Wildman–Crippen LogP) is 3.21. The summed E-state index contributed by atoms with van der Waals surface area (Å²) in [5.41, 5.74) is -1.72. The first kappa shape index (κ1) is 22.1. The molecule has 34 heavy (non-hydrogen) atoms. The Morgan fingerprint density at radius 1 is 1.15 bits per heavy atom. The van der Waals surface area contributed by atoms with E-state index in [0.29, 0.717) is 23.6 Å². The van der Waals surface area contributed by atoms with Crippen LogP contribution in [0.1, 0.15) is 32.5 Å². The van der Waals surface area contributed by atoms with Gasteiger partial charge in [-0.15, -0.1) is 11.8 Å². The molecule has 2 aliphatic rings. The zero-order chi connectivity index (χ0) is 24.1. The molecule has 174 valence electrons. The maximum Gasteiger partial charge on any atom is 0.279 e. The van der Waals surface area contributed by atoms with Gasteiger partial charge in [0.2, 0.25) is 5.43 Å². The highest BCUT2D eigenvalue weighted by Gasteiger charge is 2.38. The van der Waals surface area contributed by atoms with Crippen LogP contribution in [0.25, 0.3) is 0 Å². The van der Waals surface area contributed by atoms with Crippen LogP contribution in [0.3, 0.4) is 0 Å².